The summed E-state index contributed by atoms with van der Waals surface area (Å²) < 4.78 is 42.5. The summed E-state index contributed by atoms with van der Waals surface area (Å²) in [6.07, 6.45) is 9.92. The molecule has 3 aromatic carbocycles. The van der Waals surface area contributed by atoms with Crippen LogP contribution in [0.4, 0.5) is 17.1 Å². The molecule has 356 valence electrons. The van der Waals surface area contributed by atoms with Gasteiger partial charge in [0.05, 0.1) is 27.0 Å². The predicted octanol–water partition coefficient (Wildman–Crippen LogP) is 8.73. The first-order chi connectivity index (χ1) is 32.6. The Morgan fingerprint density at radius 1 is 1.03 bits per heavy atom. The van der Waals surface area contributed by atoms with E-state index in [1.807, 2.05) is 0 Å². The number of piperidine rings is 1. The van der Waals surface area contributed by atoms with E-state index in [1.54, 1.807) is 37.4 Å². The minimum Gasteiger partial charge on any atom is -0.489 e. The van der Waals surface area contributed by atoms with E-state index >= 15 is 0 Å². The van der Waals surface area contributed by atoms with Crippen LogP contribution in [0, 0.1) is 32.8 Å². The smallest absolute Gasteiger partial charge is 0.297 e. The number of sulfonamides is 1. The van der Waals surface area contributed by atoms with Gasteiger partial charge in [0.1, 0.15) is 24.1 Å². The molecule has 5 heterocycles. The van der Waals surface area contributed by atoms with Crippen LogP contribution in [-0.4, -0.2) is 89.7 Å². The number of nitriles is 1. The second-order valence-corrected chi connectivity index (χ2v) is 22.0. The highest BCUT2D eigenvalue weighted by Crippen LogP contribution is 2.49. The van der Waals surface area contributed by atoms with Crippen LogP contribution >= 0.6 is 0 Å². The highest BCUT2D eigenvalue weighted by atomic mass is 32.2. The molecule has 17 heteroatoms. The van der Waals surface area contributed by atoms with Crippen LogP contribution in [-0.2, 0) is 10.0 Å². The summed E-state index contributed by atoms with van der Waals surface area (Å²) in [5.41, 5.74) is 3.05. The van der Waals surface area contributed by atoms with E-state index in [0.29, 0.717) is 54.6 Å². The number of benzene rings is 3. The lowest BCUT2D eigenvalue weighted by atomic mass is 9.70. The normalized spacial score (nSPS) is 24.7. The zero-order valence-corrected chi connectivity index (χ0v) is 39.5. The standard InChI is InChI=1S/C51H58N8O8S/c1-31(2)36-7-4-5-8-37(36)38-9-6-10-42(38)58-29-51(30-58)18-21-57(22-19-51)34-11-12-39(44(24-34)67-45-23-33-15-20-53-48(33)55-40(45)27-52)49(60)56-68(64,65)35-25-43(59(62)63)47-46(26-35)66-28-41(54-47)32-13-16-50(3,61)17-14-32/h4-5,7-8,11-12,15,20,23-26,31-32,38,41-42,54,61H,6,9-10,13-14,16-19,21-22,28-30H2,1-3H3,(H,53,55)(H,56,60)/t32?,38-,41-,42-,50?/m1/s1. The summed E-state index contributed by atoms with van der Waals surface area (Å²) >= 11 is 0. The number of aromatic amines is 1. The molecule has 5 aliphatic rings. The van der Waals surface area contributed by atoms with Gasteiger partial charge in [-0.05, 0) is 117 Å². The Bertz CT molecular complexity index is 2920. The number of fused-ring (bicyclic) bond motifs is 2. The molecule has 0 unspecified atom stereocenters. The second-order valence-electron chi connectivity index (χ2n) is 20.3. The average Bonchev–Trinajstić information content (AvgIpc) is 3.99. The van der Waals surface area contributed by atoms with Crippen LogP contribution in [0.15, 0.2) is 77.8 Å². The summed E-state index contributed by atoms with van der Waals surface area (Å²) in [7, 11) is -4.72. The molecule has 5 aromatic rings. The van der Waals surface area contributed by atoms with Gasteiger partial charge in [0.2, 0.25) is 0 Å². The van der Waals surface area contributed by atoms with Crippen molar-refractivity contribution in [3.05, 3.63) is 105 Å². The summed E-state index contributed by atoms with van der Waals surface area (Å²) in [5, 5.41) is 36.8. The Kier molecular flexibility index (Phi) is 11.9. The SMILES string of the molecule is CC(C)c1ccccc1[C@H]1CCC[C@H]1N1CC2(CCN(c3ccc(C(=O)NS(=O)(=O)c4cc5c(c([N+](=O)[O-])c4)N[C@@H](C4CCC(C)(O)CC4)CO5)c(Oc4cc5cc[nH]c5nc4C#N)c3)CC2)C1. The number of amides is 1. The fourth-order valence-electron chi connectivity index (χ4n) is 11.6. The van der Waals surface area contributed by atoms with E-state index in [2.05, 4.69) is 74.0 Å². The van der Waals surface area contributed by atoms with Crippen molar-refractivity contribution in [2.75, 3.05) is 43.0 Å². The summed E-state index contributed by atoms with van der Waals surface area (Å²) in [4.78, 5) is 37.7. The molecule has 0 radical (unpaired) electrons. The number of pyridine rings is 1. The number of nitrogens with one attached hydrogen (secondary N) is 3. The Morgan fingerprint density at radius 3 is 2.53 bits per heavy atom. The van der Waals surface area contributed by atoms with Crippen molar-refractivity contribution >= 4 is 44.0 Å². The molecule has 2 aromatic heterocycles. The van der Waals surface area contributed by atoms with Crippen molar-refractivity contribution in [1.82, 2.24) is 19.6 Å². The third-order valence-corrected chi connectivity index (χ3v) is 16.8. The molecule has 2 saturated heterocycles. The number of hydrogen-bond donors (Lipinski definition) is 4. The number of ether oxygens (including phenoxy) is 2. The Labute approximate surface area is 396 Å². The number of anilines is 2. The van der Waals surface area contributed by atoms with Crippen LogP contribution < -0.4 is 24.4 Å². The van der Waals surface area contributed by atoms with Crippen molar-refractivity contribution in [3.8, 4) is 23.3 Å². The monoisotopic (exact) mass is 942 g/mol. The first-order valence-corrected chi connectivity index (χ1v) is 25.4. The molecule has 16 nitrogen and oxygen atoms in total. The maximum Gasteiger partial charge on any atom is 0.297 e. The Hall–Kier alpha value is -6.22. The van der Waals surface area contributed by atoms with Gasteiger partial charge in [-0.2, -0.15) is 5.26 Å². The van der Waals surface area contributed by atoms with Crippen molar-refractivity contribution < 1.29 is 32.7 Å². The van der Waals surface area contributed by atoms with Crippen LogP contribution in [0.1, 0.15) is 118 Å². The van der Waals surface area contributed by atoms with E-state index in [9.17, 15) is 33.7 Å². The van der Waals surface area contributed by atoms with Crippen LogP contribution in [0.25, 0.3) is 11.0 Å². The summed E-state index contributed by atoms with van der Waals surface area (Å²) in [6.45, 7) is 10.2. The first kappa shape index (κ1) is 45.6. The third kappa shape index (κ3) is 8.73. The fourth-order valence-corrected chi connectivity index (χ4v) is 12.6. The zero-order chi connectivity index (χ0) is 47.5. The third-order valence-electron chi connectivity index (χ3n) is 15.5. The van der Waals surface area contributed by atoms with E-state index < -0.39 is 37.0 Å². The molecular weight excluding hydrogens is 885 g/mol. The van der Waals surface area contributed by atoms with Crippen LogP contribution in [0.3, 0.4) is 0 Å². The molecule has 4 fully saturated rings. The predicted molar refractivity (Wildman–Crippen MR) is 257 cm³/mol. The minimum atomic E-state index is -4.72. The summed E-state index contributed by atoms with van der Waals surface area (Å²) in [6, 6.07) is 21.8. The van der Waals surface area contributed by atoms with Crippen LogP contribution in [0.5, 0.6) is 17.2 Å². The maximum atomic E-state index is 14.2. The summed E-state index contributed by atoms with van der Waals surface area (Å²) in [5.74, 6) is 0.142. The molecule has 68 heavy (non-hydrogen) atoms. The van der Waals surface area contributed by atoms with Gasteiger partial charge in [-0.1, -0.05) is 44.5 Å². The number of nitro groups is 1. The van der Waals surface area contributed by atoms with Gasteiger partial charge >= 0.3 is 0 Å². The molecule has 0 bridgehead atoms. The van der Waals surface area contributed by atoms with E-state index in [1.165, 1.54) is 42.5 Å². The number of nitro benzene ring substituents is 1. The van der Waals surface area contributed by atoms with Gasteiger partial charge < -0.3 is 29.8 Å². The molecule has 2 aliphatic carbocycles. The van der Waals surface area contributed by atoms with Crippen molar-refractivity contribution in [2.24, 2.45) is 11.3 Å². The highest BCUT2D eigenvalue weighted by molar-refractivity contribution is 7.90. The lowest BCUT2D eigenvalue weighted by Gasteiger charge is -2.57. The van der Waals surface area contributed by atoms with Crippen molar-refractivity contribution in [1.29, 1.82) is 5.26 Å². The minimum absolute atomic E-state index is 0.00617. The molecule has 1 amide bonds. The molecule has 3 atom stereocenters. The lowest BCUT2D eigenvalue weighted by molar-refractivity contribution is -0.384. The molecular formula is C51H58N8O8S. The number of nitrogens with zero attached hydrogens (tertiary/aromatic N) is 5. The number of H-pyrrole nitrogens is 1. The maximum absolute atomic E-state index is 14.2. The Balaban J connectivity index is 0.876. The van der Waals surface area contributed by atoms with E-state index in [4.69, 9.17) is 9.47 Å². The number of hydrogen-bond acceptors (Lipinski definition) is 13. The van der Waals surface area contributed by atoms with E-state index in [0.717, 1.165) is 50.8 Å². The lowest BCUT2D eigenvalue weighted by Crippen LogP contribution is -2.63. The average molecular weight is 943 g/mol. The van der Waals surface area contributed by atoms with Gasteiger partial charge in [0, 0.05) is 67.7 Å². The molecule has 2 saturated carbocycles. The first-order valence-electron chi connectivity index (χ1n) is 23.9. The number of rotatable bonds is 11. The van der Waals surface area contributed by atoms with Gasteiger partial charge in [-0.25, -0.2) is 18.1 Å². The quantitative estimate of drug-likeness (QED) is 0.0721. The number of aromatic nitrogens is 2. The van der Waals surface area contributed by atoms with Crippen molar-refractivity contribution in [3.63, 3.8) is 0 Å². The second kappa shape index (κ2) is 17.7. The van der Waals surface area contributed by atoms with Crippen molar-refractivity contribution in [2.45, 2.75) is 113 Å². The van der Waals surface area contributed by atoms with Crippen LogP contribution in [0.2, 0.25) is 0 Å². The number of aliphatic hydroxyl groups is 1. The topological polar surface area (TPSA) is 216 Å². The fraction of sp³-hybridized carbons (Fsp3) is 0.471. The Morgan fingerprint density at radius 2 is 1.79 bits per heavy atom. The number of carbonyl (C=O) groups is 1. The number of carbonyl (C=O) groups excluding carboxylic acids is 1. The highest BCUT2D eigenvalue weighted by Gasteiger charge is 2.49. The van der Waals surface area contributed by atoms with Gasteiger partial charge in [0.15, 0.2) is 22.9 Å². The van der Waals surface area contributed by atoms with Gasteiger partial charge in [-0.15, -0.1) is 0 Å². The van der Waals surface area contributed by atoms with Gasteiger partial charge in [0.25, 0.3) is 21.6 Å². The molecule has 4 N–H and O–H groups in total. The van der Waals surface area contributed by atoms with Gasteiger partial charge in [-0.3, -0.25) is 19.8 Å². The van der Waals surface area contributed by atoms with E-state index in [-0.39, 0.29) is 58.2 Å². The largest absolute Gasteiger partial charge is 0.489 e. The number of likely N-dealkylation sites (tertiary alicyclic amines) is 1. The molecule has 10 rings (SSSR count). The molecule has 1 spiro atoms. The zero-order valence-electron chi connectivity index (χ0n) is 38.7. The molecule has 3 aliphatic heterocycles.